The van der Waals surface area contributed by atoms with Crippen LogP contribution in [-0.2, 0) is 11.8 Å². The Hall–Kier alpha value is -2.67. The number of aryl methyl sites for hydroxylation is 1. The summed E-state index contributed by atoms with van der Waals surface area (Å²) in [5, 5.41) is 6.29. The zero-order chi connectivity index (χ0) is 19.0. The molecule has 27 heavy (non-hydrogen) atoms. The molecule has 1 aliphatic carbocycles. The van der Waals surface area contributed by atoms with Crippen LogP contribution in [0.4, 0.5) is 5.69 Å². The van der Waals surface area contributed by atoms with Gasteiger partial charge in [0.15, 0.2) is 0 Å². The van der Waals surface area contributed by atoms with Crippen LogP contribution in [0.2, 0.25) is 0 Å². The predicted molar refractivity (Wildman–Crippen MR) is 102 cm³/mol. The number of anilines is 1. The van der Waals surface area contributed by atoms with E-state index in [9.17, 15) is 9.59 Å². The first-order valence-corrected chi connectivity index (χ1v) is 9.44. The second kappa shape index (κ2) is 7.15. The fraction of sp³-hybridized carbons (Fsp3) is 0.450. The first-order valence-electron chi connectivity index (χ1n) is 9.44. The van der Waals surface area contributed by atoms with Crippen molar-refractivity contribution in [3.8, 4) is 0 Å². The number of carbonyl (C=O) groups excluding carboxylic acids is 2. The van der Waals surface area contributed by atoms with E-state index >= 15 is 0 Å². The number of imidazole rings is 1. The zero-order valence-corrected chi connectivity index (χ0v) is 15.7. The van der Waals surface area contributed by atoms with Crippen LogP contribution in [0.5, 0.6) is 0 Å². The van der Waals surface area contributed by atoms with Gasteiger partial charge in [-0.05, 0) is 30.5 Å². The van der Waals surface area contributed by atoms with Gasteiger partial charge in [-0.25, -0.2) is 4.98 Å². The summed E-state index contributed by atoms with van der Waals surface area (Å²) >= 11 is 0. The minimum Gasteiger partial charge on any atom is -0.336 e. The molecular formula is C20H25N5O2. The molecule has 2 fully saturated rings. The topological polar surface area (TPSA) is 79.3 Å². The smallest absolute Gasteiger partial charge is 0.254 e. The second-order valence-corrected chi connectivity index (χ2v) is 7.50. The molecule has 0 spiro atoms. The highest BCUT2D eigenvalue weighted by atomic mass is 16.2. The van der Waals surface area contributed by atoms with Crippen LogP contribution in [0.3, 0.4) is 0 Å². The van der Waals surface area contributed by atoms with E-state index in [1.165, 1.54) is 0 Å². The summed E-state index contributed by atoms with van der Waals surface area (Å²) < 4.78 is 1.95. The molecule has 1 aliphatic heterocycles. The van der Waals surface area contributed by atoms with E-state index in [1.54, 1.807) is 18.3 Å². The number of hydrogen-bond donors (Lipinski definition) is 2. The average molecular weight is 367 g/mol. The molecule has 2 aromatic rings. The maximum atomic E-state index is 13.2. The highest BCUT2D eigenvalue weighted by Crippen LogP contribution is 2.38. The third-order valence-corrected chi connectivity index (χ3v) is 5.48. The van der Waals surface area contributed by atoms with Crippen LogP contribution < -0.4 is 10.6 Å². The van der Waals surface area contributed by atoms with Crippen molar-refractivity contribution in [1.29, 1.82) is 0 Å². The third kappa shape index (κ3) is 3.60. The van der Waals surface area contributed by atoms with Gasteiger partial charge >= 0.3 is 0 Å². The molecule has 0 bridgehead atoms. The van der Waals surface area contributed by atoms with Crippen molar-refractivity contribution in [3.05, 3.63) is 48.0 Å². The molecule has 4 rings (SSSR count). The van der Waals surface area contributed by atoms with Gasteiger partial charge in [0.25, 0.3) is 5.91 Å². The maximum absolute atomic E-state index is 13.2. The lowest BCUT2D eigenvalue weighted by Gasteiger charge is -2.35. The van der Waals surface area contributed by atoms with Crippen LogP contribution in [0, 0.1) is 11.8 Å². The number of amides is 2. The molecule has 0 radical (unpaired) electrons. The van der Waals surface area contributed by atoms with Crippen molar-refractivity contribution in [1.82, 2.24) is 19.8 Å². The minimum atomic E-state index is -0.114. The summed E-state index contributed by atoms with van der Waals surface area (Å²) in [5.74, 6) is 1.42. The van der Waals surface area contributed by atoms with E-state index < -0.39 is 0 Å². The van der Waals surface area contributed by atoms with Gasteiger partial charge in [0.05, 0.1) is 0 Å². The molecule has 2 heterocycles. The zero-order valence-electron chi connectivity index (χ0n) is 15.7. The van der Waals surface area contributed by atoms with E-state index in [-0.39, 0.29) is 23.8 Å². The monoisotopic (exact) mass is 367 g/mol. The molecule has 7 nitrogen and oxygen atoms in total. The summed E-state index contributed by atoms with van der Waals surface area (Å²) in [6.07, 6.45) is 4.58. The van der Waals surface area contributed by atoms with Gasteiger partial charge in [-0.1, -0.05) is 13.0 Å². The van der Waals surface area contributed by atoms with Gasteiger partial charge in [0.2, 0.25) is 5.91 Å². The van der Waals surface area contributed by atoms with Gasteiger partial charge < -0.3 is 20.1 Å². The lowest BCUT2D eigenvalue weighted by Crippen LogP contribution is -2.49. The maximum Gasteiger partial charge on any atom is 0.254 e. The Bertz CT molecular complexity index is 862. The van der Waals surface area contributed by atoms with E-state index in [2.05, 4.69) is 22.5 Å². The van der Waals surface area contributed by atoms with E-state index in [1.807, 2.05) is 34.8 Å². The van der Waals surface area contributed by atoms with Crippen molar-refractivity contribution >= 4 is 17.5 Å². The number of piperazine rings is 1. The van der Waals surface area contributed by atoms with Gasteiger partial charge in [-0.2, -0.15) is 0 Å². The first-order chi connectivity index (χ1) is 13.0. The number of nitrogens with one attached hydrogen (secondary N) is 2. The molecule has 7 heteroatoms. The molecule has 1 saturated carbocycles. The standard InChI is InChI=1S/C20H25N5O2/c1-13-10-16(13)19(26)23-15-5-3-4-14(11-15)20(27)25-9-6-21-12-17(25)18-22-7-8-24(18)2/h3-5,7-8,11,13,16-17,21H,6,9-10,12H2,1-2H3,(H,23,26). The van der Waals surface area contributed by atoms with Gasteiger partial charge in [0, 0.05) is 56.2 Å². The molecule has 1 aromatic heterocycles. The van der Waals surface area contributed by atoms with Crippen LogP contribution in [-0.4, -0.2) is 45.9 Å². The predicted octanol–water partition coefficient (Wildman–Crippen LogP) is 1.80. The SMILES string of the molecule is CC1CC1C(=O)Nc1cccc(C(=O)N2CCNCC2c2nccn2C)c1. The highest BCUT2D eigenvalue weighted by molar-refractivity contribution is 5.98. The van der Waals surface area contributed by atoms with Crippen molar-refractivity contribution in [3.63, 3.8) is 0 Å². The number of hydrogen-bond acceptors (Lipinski definition) is 4. The lowest BCUT2D eigenvalue weighted by molar-refractivity contribution is -0.117. The molecule has 2 amide bonds. The van der Waals surface area contributed by atoms with Crippen LogP contribution in [0.25, 0.3) is 0 Å². The Morgan fingerprint density at radius 3 is 2.85 bits per heavy atom. The molecule has 1 saturated heterocycles. The number of nitrogens with zero attached hydrogens (tertiary/aromatic N) is 3. The molecule has 1 aromatic carbocycles. The summed E-state index contributed by atoms with van der Waals surface area (Å²) in [7, 11) is 1.94. The molecular weight excluding hydrogens is 342 g/mol. The van der Waals surface area contributed by atoms with E-state index in [0.717, 1.165) is 18.8 Å². The van der Waals surface area contributed by atoms with Crippen molar-refractivity contribution in [2.45, 2.75) is 19.4 Å². The quantitative estimate of drug-likeness (QED) is 0.864. The molecule has 3 atom stereocenters. The largest absolute Gasteiger partial charge is 0.336 e. The van der Waals surface area contributed by atoms with Crippen LogP contribution >= 0.6 is 0 Å². The summed E-state index contributed by atoms with van der Waals surface area (Å²) in [4.78, 5) is 31.7. The van der Waals surface area contributed by atoms with Crippen LogP contribution in [0.1, 0.15) is 35.6 Å². The highest BCUT2D eigenvalue weighted by Gasteiger charge is 2.39. The molecule has 3 unspecified atom stereocenters. The third-order valence-electron chi connectivity index (χ3n) is 5.48. The van der Waals surface area contributed by atoms with Crippen molar-refractivity contribution in [2.24, 2.45) is 18.9 Å². The van der Waals surface area contributed by atoms with E-state index in [4.69, 9.17) is 0 Å². The van der Waals surface area contributed by atoms with E-state index in [0.29, 0.717) is 30.3 Å². The second-order valence-electron chi connectivity index (χ2n) is 7.50. The Kier molecular flexibility index (Phi) is 4.70. The average Bonchev–Trinajstić information content (AvgIpc) is 3.26. The molecule has 2 N–H and O–H groups in total. The molecule has 2 aliphatic rings. The Morgan fingerprint density at radius 1 is 1.33 bits per heavy atom. The van der Waals surface area contributed by atoms with Crippen molar-refractivity contribution in [2.75, 3.05) is 25.0 Å². The first kappa shape index (κ1) is 17.7. The number of carbonyl (C=O) groups is 2. The Balaban J connectivity index is 1.53. The summed E-state index contributed by atoms with van der Waals surface area (Å²) in [6, 6.07) is 7.10. The van der Waals surface area contributed by atoms with Gasteiger partial charge in [0.1, 0.15) is 11.9 Å². The minimum absolute atomic E-state index is 0.0413. The molecule has 142 valence electrons. The van der Waals surface area contributed by atoms with Gasteiger partial charge in [-0.3, -0.25) is 9.59 Å². The fourth-order valence-corrected chi connectivity index (χ4v) is 3.69. The van der Waals surface area contributed by atoms with Gasteiger partial charge in [-0.15, -0.1) is 0 Å². The number of rotatable bonds is 4. The number of benzene rings is 1. The Morgan fingerprint density at radius 2 is 2.15 bits per heavy atom. The normalized spacial score (nSPS) is 24.5. The number of aromatic nitrogens is 2. The summed E-state index contributed by atoms with van der Waals surface area (Å²) in [6.45, 7) is 4.12. The lowest BCUT2D eigenvalue weighted by atomic mass is 10.1. The fourth-order valence-electron chi connectivity index (χ4n) is 3.69. The van der Waals surface area contributed by atoms with Crippen LogP contribution in [0.15, 0.2) is 36.7 Å². The Labute approximate surface area is 158 Å². The summed E-state index contributed by atoms with van der Waals surface area (Å²) in [5.41, 5.74) is 1.26. The van der Waals surface area contributed by atoms with Crippen molar-refractivity contribution < 1.29 is 9.59 Å².